The van der Waals surface area contributed by atoms with Gasteiger partial charge in [-0.3, -0.25) is 0 Å². The maximum atomic E-state index is 12.9. The van der Waals surface area contributed by atoms with Crippen LogP contribution in [0, 0.1) is 5.82 Å². The van der Waals surface area contributed by atoms with Crippen molar-refractivity contribution in [1.29, 1.82) is 0 Å². The molecule has 2 N–H and O–H groups in total. The van der Waals surface area contributed by atoms with Gasteiger partial charge in [-0.2, -0.15) is 10.1 Å². The molecule has 0 unspecified atom stereocenters. The Hall–Kier alpha value is -3.02. The van der Waals surface area contributed by atoms with E-state index in [0.717, 1.165) is 17.5 Å². The van der Waals surface area contributed by atoms with Gasteiger partial charge in [-0.15, -0.1) is 5.10 Å². The molecule has 2 aromatic carbocycles. The van der Waals surface area contributed by atoms with Crippen molar-refractivity contribution in [2.24, 2.45) is 0 Å². The van der Waals surface area contributed by atoms with Crippen LogP contribution in [0.3, 0.4) is 0 Å². The fourth-order valence-corrected chi connectivity index (χ4v) is 2.23. The number of halogens is 1. The Balaban J connectivity index is 1.50. The zero-order valence-electron chi connectivity index (χ0n) is 13.1. The van der Waals surface area contributed by atoms with Gasteiger partial charge < -0.3 is 10.6 Å². The first-order valence-electron chi connectivity index (χ1n) is 7.75. The number of aromatic nitrogens is 3. The van der Waals surface area contributed by atoms with Crippen molar-refractivity contribution in [3.05, 3.63) is 77.7 Å². The average Bonchev–Trinajstić information content (AvgIpc) is 2.63. The summed E-state index contributed by atoms with van der Waals surface area (Å²) in [4.78, 5) is 4.38. The number of nitrogens with zero attached hydrogens (tertiary/aromatic N) is 3. The molecule has 3 rings (SSSR count). The van der Waals surface area contributed by atoms with E-state index in [-0.39, 0.29) is 5.82 Å². The van der Waals surface area contributed by atoms with Gasteiger partial charge in [-0.1, -0.05) is 42.5 Å². The highest BCUT2D eigenvalue weighted by atomic mass is 19.1. The van der Waals surface area contributed by atoms with Gasteiger partial charge in [0.05, 0.1) is 6.20 Å². The third-order valence-electron chi connectivity index (χ3n) is 3.49. The molecule has 0 atom stereocenters. The number of hydrogen-bond donors (Lipinski definition) is 2. The normalized spacial score (nSPS) is 10.4. The molecule has 0 aliphatic carbocycles. The lowest BCUT2D eigenvalue weighted by Gasteiger charge is -2.08. The third-order valence-corrected chi connectivity index (χ3v) is 3.49. The molecule has 0 radical (unpaired) electrons. The second-order valence-electron chi connectivity index (χ2n) is 5.31. The lowest BCUT2D eigenvalue weighted by molar-refractivity contribution is 0.627. The van der Waals surface area contributed by atoms with Crippen LogP contribution in [0.25, 0.3) is 0 Å². The van der Waals surface area contributed by atoms with Crippen LogP contribution in [0.1, 0.15) is 11.1 Å². The molecular weight excluding hydrogens is 305 g/mol. The summed E-state index contributed by atoms with van der Waals surface area (Å²) in [6, 6.07) is 16.5. The summed E-state index contributed by atoms with van der Waals surface area (Å²) in [5, 5.41) is 14.3. The summed E-state index contributed by atoms with van der Waals surface area (Å²) in [6.07, 6.45) is 2.36. The number of nitrogens with one attached hydrogen (secondary N) is 2. The maximum absolute atomic E-state index is 12.9. The van der Waals surface area contributed by atoms with Gasteiger partial charge >= 0.3 is 0 Å². The summed E-state index contributed by atoms with van der Waals surface area (Å²) in [6.45, 7) is 1.32. The highest BCUT2D eigenvalue weighted by Crippen LogP contribution is 2.08. The maximum Gasteiger partial charge on any atom is 0.244 e. The third kappa shape index (κ3) is 4.74. The molecule has 0 saturated heterocycles. The first-order chi connectivity index (χ1) is 11.8. The number of benzene rings is 2. The summed E-state index contributed by atoms with van der Waals surface area (Å²) in [5.41, 5.74) is 2.21. The topological polar surface area (TPSA) is 62.7 Å². The lowest BCUT2D eigenvalue weighted by atomic mass is 10.1. The van der Waals surface area contributed by atoms with Crippen LogP contribution in [0.5, 0.6) is 0 Å². The zero-order valence-corrected chi connectivity index (χ0v) is 13.1. The van der Waals surface area contributed by atoms with E-state index in [0.29, 0.717) is 24.9 Å². The Morgan fingerprint density at radius 3 is 2.46 bits per heavy atom. The minimum atomic E-state index is -0.221. The Morgan fingerprint density at radius 1 is 0.875 bits per heavy atom. The SMILES string of the molecule is Fc1ccc(CCNc2cnnc(NCc3ccccc3)n2)cc1. The standard InChI is InChI=1S/C18H18FN5/c19-16-8-6-14(7-9-16)10-11-20-17-13-22-24-18(23-17)21-12-15-4-2-1-3-5-15/h1-9,13H,10-12H2,(H2,20,21,23,24). The highest BCUT2D eigenvalue weighted by Gasteiger charge is 2.01. The molecule has 0 saturated carbocycles. The second-order valence-corrected chi connectivity index (χ2v) is 5.31. The molecule has 0 bridgehead atoms. The van der Waals surface area contributed by atoms with Crippen molar-refractivity contribution in [3.8, 4) is 0 Å². The summed E-state index contributed by atoms with van der Waals surface area (Å²) >= 11 is 0. The Bertz CT molecular complexity index is 762. The van der Waals surface area contributed by atoms with E-state index in [1.165, 1.54) is 12.1 Å². The summed E-state index contributed by atoms with van der Waals surface area (Å²) < 4.78 is 12.9. The van der Waals surface area contributed by atoms with E-state index in [9.17, 15) is 4.39 Å². The molecule has 0 aliphatic rings. The smallest absolute Gasteiger partial charge is 0.244 e. The Morgan fingerprint density at radius 2 is 1.67 bits per heavy atom. The minimum absolute atomic E-state index is 0.221. The fraction of sp³-hybridized carbons (Fsp3) is 0.167. The predicted molar refractivity (Wildman–Crippen MR) is 92.2 cm³/mol. The van der Waals surface area contributed by atoms with E-state index in [4.69, 9.17) is 0 Å². The molecule has 1 aromatic heterocycles. The van der Waals surface area contributed by atoms with Crippen molar-refractivity contribution in [3.63, 3.8) is 0 Å². The van der Waals surface area contributed by atoms with Crippen LogP contribution in [-0.4, -0.2) is 21.7 Å². The van der Waals surface area contributed by atoms with Crippen LogP contribution >= 0.6 is 0 Å². The quantitative estimate of drug-likeness (QED) is 0.699. The Labute approximate surface area is 140 Å². The van der Waals surface area contributed by atoms with Gasteiger partial charge in [0.2, 0.25) is 5.95 Å². The Kier molecular flexibility index (Phi) is 5.29. The van der Waals surface area contributed by atoms with Gasteiger partial charge in [0.15, 0.2) is 5.82 Å². The zero-order chi connectivity index (χ0) is 16.6. The van der Waals surface area contributed by atoms with E-state index in [1.807, 2.05) is 30.3 Å². The van der Waals surface area contributed by atoms with Crippen molar-refractivity contribution in [2.75, 3.05) is 17.2 Å². The molecule has 0 spiro atoms. The predicted octanol–water partition coefficient (Wildman–Crippen LogP) is 3.28. The molecule has 122 valence electrons. The van der Waals surface area contributed by atoms with Gasteiger partial charge in [0.25, 0.3) is 0 Å². The molecule has 0 amide bonds. The van der Waals surface area contributed by atoms with Crippen LogP contribution in [0.4, 0.5) is 16.2 Å². The van der Waals surface area contributed by atoms with E-state index >= 15 is 0 Å². The van der Waals surface area contributed by atoms with Crippen molar-refractivity contribution < 1.29 is 4.39 Å². The fourth-order valence-electron chi connectivity index (χ4n) is 2.23. The molecule has 3 aromatic rings. The van der Waals surface area contributed by atoms with Crippen molar-refractivity contribution in [1.82, 2.24) is 15.2 Å². The van der Waals surface area contributed by atoms with Gasteiger partial charge in [-0.05, 0) is 29.7 Å². The monoisotopic (exact) mass is 323 g/mol. The molecule has 24 heavy (non-hydrogen) atoms. The molecule has 0 fully saturated rings. The first kappa shape index (κ1) is 15.9. The van der Waals surface area contributed by atoms with Crippen LogP contribution < -0.4 is 10.6 Å². The highest BCUT2D eigenvalue weighted by molar-refractivity contribution is 5.37. The molecule has 5 nitrogen and oxygen atoms in total. The van der Waals surface area contributed by atoms with E-state index < -0.39 is 0 Å². The minimum Gasteiger partial charge on any atom is -0.368 e. The summed E-state index contributed by atoms with van der Waals surface area (Å²) in [5.74, 6) is 0.911. The average molecular weight is 323 g/mol. The lowest BCUT2D eigenvalue weighted by Crippen LogP contribution is -2.10. The molecule has 0 aliphatic heterocycles. The number of hydrogen-bond acceptors (Lipinski definition) is 5. The summed E-state index contributed by atoms with van der Waals surface area (Å²) in [7, 11) is 0. The largest absolute Gasteiger partial charge is 0.368 e. The molecular formula is C18H18FN5. The van der Waals surface area contributed by atoms with E-state index in [2.05, 4.69) is 25.8 Å². The van der Waals surface area contributed by atoms with Crippen LogP contribution in [-0.2, 0) is 13.0 Å². The van der Waals surface area contributed by atoms with Crippen LogP contribution in [0.2, 0.25) is 0 Å². The van der Waals surface area contributed by atoms with Gasteiger partial charge in [-0.25, -0.2) is 4.39 Å². The molecule has 1 heterocycles. The van der Waals surface area contributed by atoms with Crippen LogP contribution in [0.15, 0.2) is 60.8 Å². The number of rotatable bonds is 7. The van der Waals surface area contributed by atoms with Gasteiger partial charge in [0, 0.05) is 13.1 Å². The number of anilines is 2. The van der Waals surface area contributed by atoms with Gasteiger partial charge in [0.1, 0.15) is 5.82 Å². The van der Waals surface area contributed by atoms with Crippen molar-refractivity contribution in [2.45, 2.75) is 13.0 Å². The van der Waals surface area contributed by atoms with Crippen molar-refractivity contribution >= 4 is 11.8 Å². The molecule has 6 heteroatoms. The second kappa shape index (κ2) is 8.01. The first-order valence-corrected chi connectivity index (χ1v) is 7.75. The van der Waals surface area contributed by atoms with E-state index in [1.54, 1.807) is 18.3 Å².